The van der Waals surface area contributed by atoms with Crippen LogP contribution in [0.2, 0.25) is 0 Å². The highest BCUT2D eigenvalue weighted by Crippen LogP contribution is 2.27. The first-order chi connectivity index (χ1) is 15.8. The highest BCUT2D eigenvalue weighted by Gasteiger charge is 2.18. The zero-order valence-corrected chi connectivity index (χ0v) is 18.7. The standard InChI is InChI=1S/C25H22N2O5S/c1-16-22(28)20-8-5-9-21(24(20)32-23(16)18-6-3-2-4-7-18)25(29)27-15-14-17-10-12-19(13-11-17)33(26,30)31/h2-13H,14-15H2,1H3,(H,27,29)(H2,26,30,31). The van der Waals surface area contributed by atoms with Gasteiger partial charge in [-0.3, -0.25) is 9.59 Å². The smallest absolute Gasteiger partial charge is 0.255 e. The van der Waals surface area contributed by atoms with E-state index in [4.69, 9.17) is 9.56 Å². The van der Waals surface area contributed by atoms with Crippen LogP contribution in [0.3, 0.4) is 0 Å². The van der Waals surface area contributed by atoms with Crippen molar-refractivity contribution in [3.63, 3.8) is 0 Å². The maximum Gasteiger partial charge on any atom is 0.255 e. The van der Waals surface area contributed by atoms with Crippen LogP contribution in [0.25, 0.3) is 22.3 Å². The molecule has 0 radical (unpaired) electrons. The van der Waals surface area contributed by atoms with Crippen molar-refractivity contribution in [3.8, 4) is 11.3 Å². The Morgan fingerprint density at radius 2 is 1.67 bits per heavy atom. The second-order valence-corrected chi connectivity index (χ2v) is 9.19. The Morgan fingerprint density at radius 1 is 0.970 bits per heavy atom. The van der Waals surface area contributed by atoms with E-state index in [1.165, 1.54) is 12.1 Å². The summed E-state index contributed by atoms with van der Waals surface area (Å²) in [6.07, 6.45) is 0.486. The zero-order valence-electron chi connectivity index (χ0n) is 17.9. The number of primary sulfonamides is 1. The van der Waals surface area contributed by atoms with E-state index < -0.39 is 10.0 Å². The van der Waals surface area contributed by atoms with Crippen molar-refractivity contribution in [3.05, 3.63) is 99.7 Å². The molecule has 0 aliphatic heterocycles. The first-order valence-electron chi connectivity index (χ1n) is 10.3. The summed E-state index contributed by atoms with van der Waals surface area (Å²) in [7, 11) is -3.75. The third kappa shape index (κ3) is 4.72. The molecule has 8 heteroatoms. The summed E-state index contributed by atoms with van der Waals surface area (Å²) in [5.41, 5.74) is 2.41. The summed E-state index contributed by atoms with van der Waals surface area (Å²) < 4.78 is 28.8. The number of carbonyl (C=O) groups excluding carboxylic acids is 1. The van der Waals surface area contributed by atoms with Crippen molar-refractivity contribution in [1.29, 1.82) is 0 Å². The van der Waals surface area contributed by atoms with Crippen LogP contribution in [0.5, 0.6) is 0 Å². The van der Waals surface area contributed by atoms with Crippen LogP contribution in [-0.4, -0.2) is 20.9 Å². The predicted molar refractivity (Wildman–Crippen MR) is 127 cm³/mol. The number of carbonyl (C=O) groups is 1. The molecule has 33 heavy (non-hydrogen) atoms. The molecule has 0 aliphatic rings. The molecule has 1 aromatic heterocycles. The Hall–Kier alpha value is -3.75. The number of fused-ring (bicyclic) bond motifs is 1. The molecule has 0 saturated carbocycles. The van der Waals surface area contributed by atoms with Gasteiger partial charge >= 0.3 is 0 Å². The minimum atomic E-state index is -3.75. The van der Waals surface area contributed by atoms with Gasteiger partial charge in [0, 0.05) is 17.7 Å². The molecule has 1 amide bonds. The fraction of sp³-hybridized carbons (Fsp3) is 0.120. The number of benzene rings is 3. The Bertz CT molecular complexity index is 1490. The number of hydrogen-bond donors (Lipinski definition) is 2. The number of amides is 1. The predicted octanol–water partition coefficient (Wildman–Crippen LogP) is 3.39. The number of hydrogen-bond acceptors (Lipinski definition) is 5. The van der Waals surface area contributed by atoms with E-state index in [1.807, 2.05) is 30.3 Å². The Morgan fingerprint density at radius 3 is 2.33 bits per heavy atom. The molecule has 7 nitrogen and oxygen atoms in total. The minimum absolute atomic E-state index is 0.0329. The van der Waals surface area contributed by atoms with Crippen LogP contribution in [-0.2, 0) is 16.4 Å². The van der Waals surface area contributed by atoms with Crippen molar-refractivity contribution in [2.24, 2.45) is 5.14 Å². The van der Waals surface area contributed by atoms with Crippen molar-refractivity contribution in [2.45, 2.75) is 18.2 Å². The van der Waals surface area contributed by atoms with Gasteiger partial charge < -0.3 is 9.73 Å². The monoisotopic (exact) mass is 462 g/mol. The molecular weight excluding hydrogens is 440 g/mol. The summed E-state index contributed by atoms with van der Waals surface area (Å²) in [6, 6.07) is 20.4. The first kappa shape index (κ1) is 22.4. The van der Waals surface area contributed by atoms with E-state index in [0.29, 0.717) is 29.7 Å². The van der Waals surface area contributed by atoms with Crippen LogP contribution < -0.4 is 15.9 Å². The molecule has 168 valence electrons. The van der Waals surface area contributed by atoms with Gasteiger partial charge in [-0.1, -0.05) is 48.5 Å². The van der Waals surface area contributed by atoms with E-state index >= 15 is 0 Å². The molecule has 0 aliphatic carbocycles. The van der Waals surface area contributed by atoms with Crippen molar-refractivity contribution in [1.82, 2.24) is 5.32 Å². The minimum Gasteiger partial charge on any atom is -0.455 e. The van der Waals surface area contributed by atoms with Gasteiger partial charge in [-0.25, -0.2) is 13.6 Å². The number of rotatable bonds is 6. The zero-order chi connectivity index (χ0) is 23.6. The van der Waals surface area contributed by atoms with E-state index in [0.717, 1.165) is 11.1 Å². The maximum absolute atomic E-state index is 13.0. The highest BCUT2D eigenvalue weighted by molar-refractivity contribution is 7.89. The van der Waals surface area contributed by atoms with Crippen LogP contribution in [0.15, 0.2) is 86.9 Å². The van der Waals surface area contributed by atoms with Gasteiger partial charge in [-0.2, -0.15) is 0 Å². The van der Waals surface area contributed by atoms with Crippen molar-refractivity contribution >= 4 is 26.9 Å². The molecule has 4 rings (SSSR count). The third-order valence-electron chi connectivity index (χ3n) is 5.38. The van der Waals surface area contributed by atoms with Gasteiger partial charge in [0.05, 0.1) is 15.8 Å². The maximum atomic E-state index is 13.0. The Balaban J connectivity index is 1.58. The number of para-hydroxylation sites is 1. The van der Waals surface area contributed by atoms with Gasteiger partial charge in [0.15, 0.2) is 11.0 Å². The lowest BCUT2D eigenvalue weighted by Gasteiger charge is -2.11. The van der Waals surface area contributed by atoms with Crippen molar-refractivity contribution < 1.29 is 17.6 Å². The van der Waals surface area contributed by atoms with Gasteiger partial charge in [0.25, 0.3) is 5.91 Å². The summed E-state index contributed by atoms with van der Waals surface area (Å²) in [5.74, 6) is 0.0658. The molecule has 0 atom stereocenters. The Labute approximate surface area is 190 Å². The lowest BCUT2D eigenvalue weighted by atomic mass is 10.0. The quantitative estimate of drug-likeness (QED) is 0.455. The first-order valence-corrected chi connectivity index (χ1v) is 11.8. The molecular formula is C25H22N2O5S. The molecule has 0 saturated heterocycles. The molecule has 3 aromatic carbocycles. The largest absolute Gasteiger partial charge is 0.455 e. The summed E-state index contributed by atoms with van der Waals surface area (Å²) in [5, 5.41) is 8.29. The molecule has 3 N–H and O–H groups in total. The second kappa shape index (κ2) is 9.01. The lowest BCUT2D eigenvalue weighted by Crippen LogP contribution is -2.26. The van der Waals surface area contributed by atoms with Gasteiger partial charge in [-0.15, -0.1) is 0 Å². The van der Waals surface area contributed by atoms with Gasteiger partial charge in [0.1, 0.15) is 5.76 Å². The molecule has 0 bridgehead atoms. The fourth-order valence-corrected chi connectivity index (χ4v) is 4.13. The van der Waals surface area contributed by atoms with Crippen LogP contribution in [0.1, 0.15) is 21.5 Å². The third-order valence-corrected chi connectivity index (χ3v) is 6.31. The van der Waals surface area contributed by atoms with E-state index in [1.54, 1.807) is 37.3 Å². The average molecular weight is 463 g/mol. The average Bonchev–Trinajstić information content (AvgIpc) is 2.81. The van der Waals surface area contributed by atoms with Gasteiger partial charge in [0.2, 0.25) is 10.0 Å². The highest BCUT2D eigenvalue weighted by atomic mass is 32.2. The molecule has 0 spiro atoms. The van der Waals surface area contributed by atoms with Crippen molar-refractivity contribution in [2.75, 3.05) is 6.54 Å². The van der Waals surface area contributed by atoms with Gasteiger partial charge in [-0.05, 0) is 43.2 Å². The topological polar surface area (TPSA) is 119 Å². The van der Waals surface area contributed by atoms with Crippen LogP contribution in [0, 0.1) is 6.92 Å². The number of sulfonamides is 1. The normalized spacial score (nSPS) is 11.5. The molecule has 1 heterocycles. The lowest BCUT2D eigenvalue weighted by molar-refractivity contribution is 0.0955. The Kier molecular flexibility index (Phi) is 6.13. The summed E-state index contributed by atoms with van der Waals surface area (Å²) >= 11 is 0. The molecule has 0 fully saturated rings. The van der Waals surface area contributed by atoms with Crippen LogP contribution in [0.4, 0.5) is 0 Å². The van der Waals surface area contributed by atoms with E-state index in [9.17, 15) is 18.0 Å². The molecule has 4 aromatic rings. The fourth-order valence-electron chi connectivity index (χ4n) is 3.61. The summed E-state index contributed by atoms with van der Waals surface area (Å²) in [6.45, 7) is 2.02. The van der Waals surface area contributed by atoms with E-state index in [-0.39, 0.29) is 27.4 Å². The van der Waals surface area contributed by atoms with E-state index in [2.05, 4.69) is 5.32 Å². The number of nitrogens with two attached hydrogens (primary N) is 1. The number of nitrogens with one attached hydrogen (secondary N) is 1. The van der Waals surface area contributed by atoms with Crippen LogP contribution >= 0.6 is 0 Å². The SMILES string of the molecule is Cc1c(-c2ccccc2)oc2c(C(=O)NCCc3ccc(S(N)(=O)=O)cc3)cccc2c1=O. The molecule has 0 unspecified atom stereocenters. The summed E-state index contributed by atoms with van der Waals surface area (Å²) in [4.78, 5) is 25.9. The second-order valence-electron chi connectivity index (χ2n) is 7.63.